The molecule has 5 aromatic carbocycles. The van der Waals surface area contributed by atoms with Crippen molar-refractivity contribution in [1.29, 1.82) is 0 Å². The van der Waals surface area contributed by atoms with Gasteiger partial charge in [-0.25, -0.2) is 0 Å². The number of rotatable bonds is 2. The molecule has 2 nitrogen and oxygen atoms in total. The zero-order valence-corrected chi connectivity index (χ0v) is 18.4. The maximum absolute atomic E-state index is 6.19. The van der Waals surface area contributed by atoms with Gasteiger partial charge < -0.3 is 8.98 Å². The molecule has 0 atom stereocenters. The summed E-state index contributed by atoms with van der Waals surface area (Å²) in [4.78, 5) is 0. The summed E-state index contributed by atoms with van der Waals surface area (Å²) < 4.78 is 8.42. The number of benzene rings is 5. The summed E-state index contributed by atoms with van der Waals surface area (Å²) in [5.74, 6) is 0. The van der Waals surface area contributed by atoms with Crippen LogP contribution in [0.25, 0.3) is 60.6 Å². The SMILES string of the molecule is Clc1ccc2c(c1)oc1ccc(-n3c4ccccc4c4ccc(-c5ccccc5)cc43)cc12. The third-order valence-corrected chi connectivity index (χ3v) is 6.69. The minimum Gasteiger partial charge on any atom is -0.456 e. The predicted octanol–water partition coefficient (Wildman–Crippen LogP) is 9.00. The molecule has 0 radical (unpaired) electrons. The van der Waals surface area contributed by atoms with Crippen molar-refractivity contribution >= 4 is 55.3 Å². The zero-order valence-electron chi connectivity index (χ0n) is 17.6. The van der Waals surface area contributed by atoms with E-state index in [2.05, 4.69) is 95.6 Å². The van der Waals surface area contributed by atoms with Crippen molar-refractivity contribution in [2.45, 2.75) is 0 Å². The number of aromatic nitrogens is 1. The van der Waals surface area contributed by atoms with Gasteiger partial charge in [-0.15, -0.1) is 0 Å². The van der Waals surface area contributed by atoms with E-state index < -0.39 is 0 Å². The topological polar surface area (TPSA) is 18.1 Å². The number of fused-ring (bicyclic) bond motifs is 6. The molecule has 0 fully saturated rings. The lowest BCUT2D eigenvalue weighted by atomic mass is 10.0. The average Bonchev–Trinajstić information content (AvgIpc) is 3.38. The monoisotopic (exact) mass is 443 g/mol. The van der Waals surface area contributed by atoms with Gasteiger partial charge in [0.2, 0.25) is 0 Å². The Morgan fingerprint density at radius 3 is 2.21 bits per heavy atom. The molecule has 3 heteroatoms. The molecular formula is C30H18ClNO. The van der Waals surface area contributed by atoms with Gasteiger partial charge in [0.15, 0.2) is 0 Å². The number of hydrogen-bond acceptors (Lipinski definition) is 1. The number of furan rings is 1. The molecule has 0 saturated heterocycles. The highest BCUT2D eigenvalue weighted by molar-refractivity contribution is 6.31. The Morgan fingerprint density at radius 1 is 0.515 bits per heavy atom. The molecular weight excluding hydrogens is 426 g/mol. The molecule has 2 heterocycles. The smallest absolute Gasteiger partial charge is 0.136 e. The van der Waals surface area contributed by atoms with Crippen molar-refractivity contribution in [2.75, 3.05) is 0 Å². The summed E-state index contributed by atoms with van der Waals surface area (Å²) in [5, 5.41) is 5.33. The number of halogens is 1. The maximum atomic E-state index is 6.19. The van der Waals surface area contributed by atoms with E-state index in [0.29, 0.717) is 5.02 Å². The summed E-state index contributed by atoms with van der Waals surface area (Å²) in [7, 11) is 0. The fourth-order valence-electron chi connectivity index (χ4n) is 4.94. The Labute approximate surface area is 195 Å². The van der Waals surface area contributed by atoms with Crippen LogP contribution in [0.1, 0.15) is 0 Å². The Kier molecular flexibility index (Phi) is 3.93. The molecule has 0 spiro atoms. The summed E-state index contributed by atoms with van der Waals surface area (Å²) in [6.45, 7) is 0. The largest absolute Gasteiger partial charge is 0.456 e. The van der Waals surface area contributed by atoms with E-state index in [0.717, 1.165) is 27.6 Å². The Balaban J connectivity index is 1.55. The van der Waals surface area contributed by atoms with Gasteiger partial charge in [-0.1, -0.05) is 72.3 Å². The summed E-state index contributed by atoms with van der Waals surface area (Å²) in [6, 6.07) is 38.1. The van der Waals surface area contributed by atoms with Gasteiger partial charge in [-0.2, -0.15) is 0 Å². The third kappa shape index (κ3) is 2.81. The predicted molar refractivity (Wildman–Crippen MR) is 139 cm³/mol. The van der Waals surface area contributed by atoms with Crippen molar-refractivity contribution in [2.24, 2.45) is 0 Å². The first kappa shape index (κ1) is 18.6. The van der Waals surface area contributed by atoms with E-state index in [1.807, 2.05) is 18.2 Å². The van der Waals surface area contributed by atoms with Crippen LogP contribution >= 0.6 is 11.6 Å². The molecule has 0 aliphatic heterocycles. The van der Waals surface area contributed by atoms with Crippen molar-refractivity contribution in [3.8, 4) is 16.8 Å². The highest BCUT2D eigenvalue weighted by Gasteiger charge is 2.15. The number of hydrogen-bond donors (Lipinski definition) is 0. The Morgan fingerprint density at radius 2 is 1.30 bits per heavy atom. The van der Waals surface area contributed by atoms with Gasteiger partial charge in [0.05, 0.1) is 11.0 Å². The standard InChI is InChI=1S/C30H18ClNO/c31-21-11-14-25-26-18-22(12-15-29(26)33-30(25)17-21)32-27-9-5-4-8-23(27)24-13-10-20(16-28(24)32)19-6-2-1-3-7-19/h1-18H. The lowest BCUT2D eigenvalue weighted by Gasteiger charge is -2.09. The molecule has 0 saturated carbocycles. The number of nitrogens with zero attached hydrogens (tertiary/aromatic N) is 1. The maximum Gasteiger partial charge on any atom is 0.136 e. The van der Waals surface area contributed by atoms with Crippen LogP contribution in [0.5, 0.6) is 0 Å². The van der Waals surface area contributed by atoms with Crippen LogP contribution < -0.4 is 0 Å². The molecule has 0 aliphatic rings. The summed E-state index contributed by atoms with van der Waals surface area (Å²) >= 11 is 6.19. The highest BCUT2D eigenvalue weighted by Crippen LogP contribution is 2.37. The minimum absolute atomic E-state index is 0.678. The second-order valence-corrected chi connectivity index (χ2v) is 8.81. The number of para-hydroxylation sites is 1. The zero-order chi connectivity index (χ0) is 21.9. The first-order valence-corrected chi connectivity index (χ1v) is 11.3. The molecule has 33 heavy (non-hydrogen) atoms. The molecule has 0 unspecified atom stereocenters. The van der Waals surface area contributed by atoms with Gasteiger partial charge in [0.25, 0.3) is 0 Å². The first-order chi connectivity index (χ1) is 16.3. The molecule has 0 amide bonds. The minimum atomic E-state index is 0.678. The van der Waals surface area contributed by atoms with Crippen molar-refractivity contribution in [1.82, 2.24) is 4.57 Å². The van der Waals surface area contributed by atoms with Crippen LogP contribution in [0.3, 0.4) is 0 Å². The van der Waals surface area contributed by atoms with Crippen molar-refractivity contribution in [3.05, 3.63) is 114 Å². The lowest BCUT2D eigenvalue weighted by molar-refractivity contribution is 0.669. The normalized spacial score (nSPS) is 11.8. The van der Waals surface area contributed by atoms with Crippen molar-refractivity contribution < 1.29 is 4.42 Å². The van der Waals surface area contributed by atoms with E-state index in [1.165, 1.54) is 32.9 Å². The molecule has 7 rings (SSSR count). The van der Waals surface area contributed by atoms with Crippen LogP contribution in [-0.2, 0) is 0 Å². The van der Waals surface area contributed by atoms with E-state index in [-0.39, 0.29) is 0 Å². The first-order valence-electron chi connectivity index (χ1n) is 11.0. The van der Waals surface area contributed by atoms with E-state index >= 15 is 0 Å². The quantitative estimate of drug-likeness (QED) is 0.260. The van der Waals surface area contributed by atoms with E-state index in [1.54, 1.807) is 0 Å². The van der Waals surface area contributed by atoms with Crippen LogP contribution in [0.15, 0.2) is 114 Å². The summed E-state index contributed by atoms with van der Waals surface area (Å²) in [6.07, 6.45) is 0. The van der Waals surface area contributed by atoms with E-state index in [4.69, 9.17) is 16.0 Å². The average molecular weight is 444 g/mol. The van der Waals surface area contributed by atoms with Crippen LogP contribution in [0.4, 0.5) is 0 Å². The Bertz CT molecular complexity index is 1830. The molecule has 0 N–H and O–H groups in total. The van der Waals surface area contributed by atoms with Gasteiger partial charge in [-0.05, 0) is 53.6 Å². The fraction of sp³-hybridized carbons (Fsp3) is 0. The van der Waals surface area contributed by atoms with Gasteiger partial charge >= 0.3 is 0 Å². The highest BCUT2D eigenvalue weighted by atomic mass is 35.5. The van der Waals surface area contributed by atoms with Gasteiger partial charge in [0.1, 0.15) is 11.2 Å². The van der Waals surface area contributed by atoms with Gasteiger partial charge in [-0.3, -0.25) is 0 Å². The fourth-order valence-corrected chi connectivity index (χ4v) is 5.10. The van der Waals surface area contributed by atoms with Crippen LogP contribution in [0.2, 0.25) is 5.02 Å². The van der Waals surface area contributed by atoms with Gasteiger partial charge in [0, 0.05) is 38.3 Å². The lowest BCUT2D eigenvalue weighted by Crippen LogP contribution is -1.93. The molecule has 2 aromatic heterocycles. The third-order valence-electron chi connectivity index (χ3n) is 6.46. The van der Waals surface area contributed by atoms with E-state index in [9.17, 15) is 0 Å². The second kappa shape index (κ2) is 6.99. The molecule has 7 aromatic rings. The second-order valence-electron chi connectivity index (χ2n) is 8.37. The molecule has 0 bridgehead atoms. The molecule has 0 aliphatic carbocycles. The molecule has 156 valence electrons. The van der Waals surface area contributed by atoms with Crippen molar-refractivity contribution in [3.63, 3.8) is 0 Å². The Hall–Kier alpha value is -4.01. The van der Waals surface area contributed by atoms with Crippen LogP contribution in [0, 0.1) is 0 Å². The van der Waals surface area contributed by atoms with Crippen LogP contribution in [-0.4, -0.2) is 4.57 Å². The summed E-state index contributed by atoms with van der Waals surface area (Å²) in [5.41, 5.74) is 7.57.